The van der Waals surface area contributed by atoms with Gasteiger partial charge in [0, 0.05) is 11.4 Å². The fraction of sp³-hybridized carbons (Fsp3) is 0.0476. The van der Waals surface area contributed by atoms with Crippen LogP contribution in [0.1, 0.15) is 0 Å². The molecule has 0 bridgehead atoms. The van der Waals surface area contributed by atoms with E-state index in [4.69, 9.17) is 10.5 Å². The molecule has 0 fully saturated rings. The highest BCUT2D eigenvalue weighted by Crippen LogP contribution is 2.30. The van der Waals surface area contributed by atoms with E-state index in [9.17, 15) is 4.79 Å². The average molecular weight is 408 g/mol. The molecule has 3 aromatic carbocycles. The molecule has 4 aromatic rings. The Kier molecular flexibility index (Phi) is 5.45. The Labute approximate surface area is 170 Å². The van der Waals surface area contributed by atoms with Crippen LogP contribution in [0, 0.1) is 0 Å². The molecule has 4 rings (SSSR count). The van der Waals surface area contributed by atoms with E-state index in [1.165, 1.54) is 23.1 Å². The number of thiazole rings is 1. The number of nitrogens with one attached hydrogen (secondary N) is 1. The third-order valence-corrected chi connectivity index (χ3v) is 6.00. The molecule has 0 aliphatic heterocycles. The zero-order chi connectivity index (χ0) is 19.3. The SMILES string of the molecule is Nc1ccc2nc(SCC(=O)Nc3ccc(Oc4ccccc4)cc3)sc2c1. The molecule has 0 atom stereocenters. The Hall–Kier alpha value is -3.03. The van der Waals surface area contributed by atoms with Crippen LogP contribution in [0.25, 0.3) is 10.2 Å². The van der Waals surface area contributed by atoms with E-state index in [2.05, 4.69) is 10.3 Å². The van der Waals surface area contributed by atoms with Gasteiger partial charge >= 0.3 is 0 Å². The number of fused-ring (bicyclic) bond motifs is 1. The molecule has 5 nitrogen and oxygen atoms in total. The summed E-state index contributed by atoms with van der Waals surface area (Å²) in [6.07, 6.45) is 0. The number of anilines is 2. The maximum absolute atomic E-state index is 12.2. The second-order valence-corrected chi connectivity index (χ2v) is 8.24. The van der Waals surface area contributed by atoms with Gasteiger partial charge in [-0.05, 0) is 54.6 Å². The Bertz CT molecular complexity index is 1100. The molecule has 1 heterocycles. The third kappa shape index (κ3) is 4.62. The van der Waals surface area contributed by atoms with Gasteiger partial charge in [-0.1, -0.05) is 30.0 Å². The lowest BCUT2D eigenvalue weighted by atomic mass is 10.3. The van der Waals surface area contributed by atoms with E-state index in [1.54, 1.807) is 0 Å². The van der Waals surface area contributed by atoms with Crippen molar-refractivity contribution in [3.63, 3.8) is 0 Å². The maximum atomic E-state index is 12.2. The Morgan fingerprint density at radius 3 is 2.57 bits per heavy atom. The van der Waals surface area contributed by atoms with Gasteiger partial charge in [0.1, 0.15) is 11.5 Å². The van der Waals surface area contributed by atoms with Gasteiger partial charge in [-0.25, -0.2) is 4.98 Å². The predicted octanol–water partition coefficient (Wildman–Crippen LogP) is 5.40. The van der Waals surface area contributed by atoms with Gasteiger partial charge in [0.05, 0.1) is 16.0 Å². The van der Waals surface area contributed by atoms with Gasteiger partial charge in [-0.3, -0.25) is 4.79 Å². The zero-order valence-electron chi connectivity index (χ0n) is 14.8. The molecule has 0 spiro atoms. The summed E-state index contributed by atoms with van der Waals surface area (Å²) in [5.41, 5.74) is 8.13. The van der Waals surface area contributed by atoms with E-state index in [1.807, 2.05) is 72.8 Å². The Morgan fingerprint density at radius 2 is 1.79 bits per heavy atom. The first-order valence-corrected chi connectivity index (χ1v) is 10.4. The second kappa shape index (κ2) is 8.33. The molecular formula is C21H17N3O2S2. The number of benzene rings is 3. The second-order valence-electron chi connectivity index (χ2n) is 5.98. The molecule has 1 aromatic heterocycles. The largest absolute Gasteiger partial charge is 0.457 e. The molecule has 140 valence electrons. The van der Waals surface area contributed by atoms with Crippen molar-refractivity contribution < 1.29 is 9.53 Å². The Morgan fingerprint density at radius 1 is 1.04 bits per heavy atom. The van der Waals surface area contributed by atoms with Crippen molar-refractivity contribution in [2.45, 2.75) is 4.34 Å². The summed E-state index contributed by atoms with van der Waals surface area (Å²) < 4.78 is 7.62. The maximum Gasteiger partial charge on any atom is 0.234 e. The molecule has 28 heavy (non-hydrogen) atoms. The summed E-state index contributed by atoms with van der Waals surface area (Å²) in [5.74, 6) is 1.69. The van der Waals surface area contributed by atoms with Gasteiger partial charge in [-0.2, -0.15) is 0 Å². The van der Waals surface area contributed by atoms with Crippen LogP contribution in [0.3, 0.4) is 0 Å². The van der Waals surface area contributed by atoms with Crippen molar-refractivity contribution in [1.82, 2.24) is 4.98 Å². The van der Waals surface area contributed by atoms with Gasteiger partial charge in [0.25, 0.3) is 0 Å². The lowest BCUT2D eigenvalue weighted by Crippen LogP contribution is -2.13. The van der Waals surface area contributed by atoms with E-state index < -0.39 is 0 Å². The molecule has 0 unspecified atom stereocenters. The van der Waals surface area contributed by atoms with E-state index >= 15 is 0 Å². The van der Waals surface area contributed by atoms with Crippen LogP contribution < -0.4 is 15.8 Å². The molecular weight excluding hydrogens is 390 g/mol. The van der Waals surface area contributed by atoms with Crippen LogP contribution in [-0.4, -0.2) is 16.6 Å². The number of nitrogens with two attached hydrogens (primary N) is 1. The van der Waals surface area contributed by atoms with Gasteiger partial charge in [0.15, 0.2) is 4.34 Å². The molecule has 0 radical (unpaired) electrons. The normalized spacial score (nSPS) is 10.7. The number of thioether (sulfide) groups is 1. The molecule has 7 heteroatoms. The minimum atomic E-state index is -0.0829. The van der Waals surface area contributed by atoms with Crippen molar-refractivity contribution in [2.24, 2.45) is 0 Å². The van der Waals surface area contributed by atoms with E-state index in [0.29, 0.717) is 11.4 Å². The van der Waals surface area contributed by atoms with Crippen LogP contribution in [0.4, 0.5) is 11.4 Å². The van der Waals surface area contributed by atoms with Gasteiger partial charge in [0.2, 0.25) is 5.91 Å². The number of nitrogens with zero attached hydrogens (tertiary/aromatic N) is 1. The quantitative estimate of drug-likeness (QED) is 0.330. The monoisotopic (exact) mass is 407 g/mol. The first-order chi connectivity index (χ1) is 13.7. The Balaban J connectivity index is 1.31. The average Bonchev–Trinajstić information content (AvgIpc) is 3.11. The lowest BCUT2D eigenvalue weighted by Gasteiger charge is -2.07. The van der Waals surface area contributed by atoms with Crippen molar-refractivity contribution in [3.05, 3.63) is 72.8 Å². The van der Waals surface area contributed by atoms with E-state index in [0.717, 1.165) is 26.0 Å². The topological polar surface area (TPSA) is 77.2 Å². The van der Waals surface area contributed by atoms with Crippen LogP contribution in [-0.2, 0) is 4.79 Å². The number of rotatable bonds is 6. The number of hydrogen-bond acceptors (Lipinski definition) is 6. The molecule has 0 aliphatic carbocycles. The zero-order valence-corrected chi connectivity index (χ0v) is 16.4. The number of amides is 1. The number of ether oxygens (including phenoxy) is 1. The molecule has 1 amide bonds. The fourth-order valence-corrected chi connectivity index (χ4v) is 4.45. The van der Waals surface area contributed by atoms with Crippen molar-refractivity contribution in [2.75, 3.05) is 16.8 Å². The highest BCUT2D eigenvalue weighted by molar-refractivity contribution is 8.01. The number of carbonyl (C=O) groups is 1. The van der Waals surface area contributed by atoms with Crippen molar-refractivity contribution in [3.8, 4) is 11.5 Å². The van der Waals surface area contributed by atoms with Gasteiger partial charge < -0.3 is 15.8 Å². The predicted molar refractivity (Wildman–Crippen MR) is 116 cm³/mol. The van der Waals surface area contributed by atoms with Crippen LogP contribution in [0.2, 0.25) is 0 Å². The number of para-hydroxylation sites is 1. The summed E-state index contributed by atoms with van der Waals surface area (Å²) in [6, 6.07) is 22.5. The standard InChI is InChI=1S/C21H17N3O2S2/c22-14-6-11-18-19(12-14)28-21(24-18)27-13-20(25)23-15-7-9-17(10-8-15)26-16-4-2-1-3-5-16/h1-12H,13,22H2,(H,23,25). The minimum absolute atomic E-state index is 0.0829. The molecule has 0 saturated heterocycles. The number of nitrogen functional groups attached to an aromatic ring is 1. The van der Waals surface area contributed by atoms with Crippen molar-refractivity contribution in [1.29, 1.82) is 0 Å². The summed E-state index contributed by atoms with van der Waals surface area (Å²) in [7, 11) is 0. The number of hydrogen-bond donors (Lipinski definition) is 2. The summed E-state index contributed by atoms with van der Waals surface area (Å²) >= 11 is 2.95. The first kappa shape index (κ1) is 18.3. The lowest BCUT2D eigenvalue weighted by molar-refractivity contribution is -0.113. The summed E-state index contributed by atoms with van der Waals surface area (Å²) in [5, 5.41) is 2.89. The fourth-order valence-electron chi connectivity index (χ4n) is 2.54. The summed E-state index contributed by atoms with van der Waals surface area (Å²) in [6.45, 7) is 0. The first-order valence-electron chi connectivity index (χ1n) is 8.57. The van der Waals surface area contributed by atoms with Crippen LogP contribution >= 0.6 is 23.1 Å². The molecule has 0 aliphatic rings. The number of aromatic nitrogens is 1. The smallest absolute Gasteiger partial charge is 0.234 e. The summed E-state index contributed by atoms with van der Waals surface area (Å²) in [4.78, 5) is 16.7. The molecule has 3 N–H and O–H groups in total. The highest BCUT2D eigenvalue weighted by Gasteiger charge is 2.09. The molecule has 0 saturated carbocycles. The van der Waals surface area contributed by atoms with Crippen LogP contribution in [0.5, 0.6) is 11.5 Å². The van der Waals surface area contributed by atoms with Crippen molar-refractivity contribution >= 4 is 50.6 Å². The minimum Gasteiger partial charge on any atom is -0.457 e. The number of carbonyl (C=O) groups excluding carboxylic acids is 1. The van der Waals surface area contributed by atoms with Gasteiger partial charge in [-0.15, -0.1) is 11.3 Å². The third-order valence-electron chi connectivity index (χ3n) is 3.84. The van der Waals surface area contributed by atoms with Crippen LogP contribution in [0.15, 0.2) is 77.1 Å². The highest BCUT2D eigenvalue weighted by atomic mass is 32.2. The van der Waals surface area contributed by atoms with E-state index in [-0.39, 0.29) is 11.7 Å².